The molecule has 0 bridgehead atoms. The lowest BCUT2D eigenvalue weighted by Crippen LogP contribution is -2.55. The Morgan fingerprint density at radius 2 is 0.778 bits per heavy atom. The van der Waals surface area contributed by atoms with Crippen molar-refractivity contribution in [1.29, 1.82) is 0 Å². The summed E-state index contributed by atoms with van der Waals surface area (Å²) in [4.78, 5) is 0. The molecule has 9 heteroatoms. The summed E-state index contributed by atoms with van der Waals surface area (Å²) < 4.78 is 0. The van der Waals surface area contributed by atoms with Gasteiger partial charge in [-0.15, -0.1) is 37.2 Å². The fourth-order valence-electron chi connectivity index (χ4n) is 0.269. The van der Waals surface area contributed by atoms with Gasteiger partial charge in [0.1, 0.15) is 0 Å². The van der Waals surface area contributed by atoms with E-state index in [1.807, 2.05) is 0 Å². The van der Waals surface area contributed by atoms with Gasteiger partial charge in [0.25, 0.3) is 22.6 Å². The van der Waals surface area contributed by atoms with Crippen LogP contribution < -0.4 is 15.4 Å². The predicted octanol–water partition coefficient (Wildman–Crippen LogP) is -1.36. The summed E-state index contributed by atoms with van der Waals surface area (Å²) in [5.74, 6) is 0. The first-order valence-corrected chi connectivity index (χ1v) is 1.73. The van der Waals surface area contributed by atoms with E-state index in [0.29, 0.717) is 0 Å². The maximum absolute atomic E-state index is 2.78. The van der Waals surface area contributed by atoms with Gasteiger partial charge in [0.15, 0.2) is 0 Å². The highest BCUT2D eigenvalue weighted by Gasteiger charge is 1.98. The van der Waals surface area contributed by atoms with Crippen LogP contribution in [0.1, 0.15) is 0 Å². The van der Waals surface area contributed by atoms with Crippen molar-refractivity contribution in [1.82, 2.24) is 15.4 Å². The highest BCUT2D eigenvalue weighted by Crippen LogP contribution is 1.46. The van der Waals surface area contributed by atoms with Crippen molar-refractivity contribution in [3.8, 4) is 0 Å². The Labute approximate surface area is 75.6 Å². The largest absolute Gasteiger partial charge is 0.379 e. The minimum atomic E-state index is 0. The monoisotopic (exact) mass is 186 g/mol. The van der Waals surface area contributed by atoms with Crippen LogP contribution in [0, 0.1) is 0 Å². The van der Waals surface area contributed by atoms with E-state index in [4.69, 9.17) is 0 Å². The third kappa shape index (κ3) is 8.94. The zero-order chi connectivity index (χ0) is 4.24. The number of halogens is 3. The summed E-state index contributed by atoms with van der Waals surface area (Å²) in [6.45, 7) is 0. The smallest absolute Gasteiger partial charge is 0.284 e. The summed E-state index contributed by atoms with van der Waals surface area (Å²) in [5, 5.41) is 8.34. The fourth-order valence-corrected chi connectivity index (χ4v) is 0.269. The van der Waals surface area contributed by atoms with Crippen LogP contribution in [0.4, 0.5) is 0 Å². The molecule has 0 atom stereocenters. The molecule has 3 radical (unpaired) electrons. The average molecular weight is 187 g/mol. The van der Waals surface area contributed by atoms with Gasteiger partial charge in [-0.3, -0.25) is 0 Å². The summed E-state index contributed by atoms with van der Waals surface area (Å²) in [6.07, 6.45) is 0. The molecule has 1 saturated heterocycles. The molecule has 3 nitrogen and oxygen atoms in total. The first-order chi connectivity index (χ1) is 3.00. The van der Waals surface area contributed by atoms with E-state index in [2.05, 4.69) is 15.4 Å². The first kappa shape index (κ1) is 16.5. The van der Waals surface area contributed by atoms with Gasteiger partial charge in [-0.25, -0.2) is 0 Å². The molecule has 3 N–H and O–H groups in total. The van der Waals surface area contributed by atoms with Crippen LogP contribution in [0.5, 0.6) is 0 Å². The van der Waals surface area contributed by atoms with Crippen molar-refractivity contribution in [3.05, 3.63) is 0 Å². The van der Waals surface area contributed by atoms with Crippen molar-refractivity contribution < 1.29 is 0 Å². The number of hydrogen-bond acceptors (Lipinski definition) is 3. The SMILES string of the molecule is Cl.Cl.Cl.[B]1N[B]N[B]N1. The molecule has 0 unspecified atom stereocenters. The number of nitrogens with one attached hydrogen (secondary N) is 3. The van der Waals surface area contributed by atoms with Crippen LogP contribution >= 0.6 is 37.2 Å². The van der Waals surface area contributed by atoms with E-state index in [0.717, 1.165) is 0 Å². The van der Waals surface area contributed by atoms with Crippen LogP contribution in [-0.4, -0.2) is 22.6 Å². The molecular weight excluding hydrogens is 181 g/mol. The lowest BCUT2D eigenvalue weighted by Gasteiger charge is -2.07. The lowest BCUT2D eigenvalue weighted by atomic mass is 9.85. The number of hydrogen-bond donors (Lipinski definition) is 3. The Bertz CT molecular complexity index is 29.8. The van der Waals surface area contributed by atoms with Gasteiger partial charge in [0.05, 0.1) is 0 Å². The second-order valence-corrected chi connectivity index (χ2v) is 0.933. The zero-order valence-corrected chi connectivity index (χ0v) is 6.91. The van der Waals surface area contributed by atoms with Gasteiger partial charge in [0, 0.05) is 0 Å². The zero-order valence-electron chi connectivity index (χ0n) is 4.46. The first-order valence-electron chi connectivity index (χ1n) is 1.73. The van der Waals surface area contributed by atoms with Crippen molar-refractivity contribution in [2.24, 2.45) is 0 Å². The van der Waals surface area contributed by atoms with Crippen LogP contribution in [0.2, 0.25) is 0 Å². The molecular formula is H6B3Cl3N3. The van der Waals surface area contributed by atoms with E-state index in [1.165, 1.54) is 0 Å². The van der Waals surface area contributed by atoms with Gasteiger partial charge in [-0.2, -0.15) is 0 Å². The summed E-state index contributed by atoms with van der Waals surface area (Å²) in [7, 11) is 5.16. The minimum absolute atomic E-state index is 0. The molecule has 0 aromatic rings. The Hall–Kier alpha value is 0.945. The van der Waals surface area contributed by atoms with Gasteiger partial charge in [0.2, 0.25) is 0 Å². The number of rotatable bonds is 0. The molecule has 9 heavy (non-hydrogen) atoms. The summed E-state index contributed by atoms with van der Waals surface area (Å²) in [5.41, 5.74) is 0. The summed E-state index contributed by atoms with van der Waals surface area (Å²) in [6, 6.07) is 0. The van der Waals surface area contributed by atoms with Crippen molar-refractivity contribution in [3.63, 3.8) is 0 Å². The topological polar surface area (TPSA) is 36.1 Å². The van der Waals surface area contributed by atoms with Crippen LogP contribution in [0.25, 0.3) is 0 Å². The molecule has 1 aliphatic heterocycles. The third-order valence-corrected chi connectivity index (χ3v) is 0.500. The van der Waals surface area contributed by atoms with E-state index >= 15 is 0 Å². The Kier molecular flexibility index (Phi) is 21.5. The normalized spacial score (nSPS) is 13.3. The maximum atomic E-state index is 2.78. The molecule has 1 rings (SSSR count). The van der Waals surface area contributed by atoms with E-state index in [-0.39, 0.29) is 37.2 Å². The predicted molar refractivity (Wildman–Crippen MR) is 48.4 cm³/mol. The second-order valence-electron chi connectivity index (χ2n) is 0.933. The van der Waals surface area contributed by atoms with E-state index in [9.17, 15) is 0 Å². The summed E-state index contributed by atoms with van der Waals surface area (Å²) >= 11 is 0. The Morgan fingerprint density at radius 3 is 0.889 bits per heavy atom. The van der Waals surface area contributed by atoms with Crippen molar-refractivity contribution in [2.75, 3.05) is 0 Å². The molecule has 0 aromatic heterocycles. The average Bonchev–Trinajstić information content (AvgIpc) is 1.72. The highest BCUT2D eigenvalue weighted by atomic mass is 35.5. The van der Waals surface area contributed by atoms with Gasteiger partial charge in [-0.1, -0.05) is 0 Å². The van der Waals surface area contributed by atoms with Crippen LogP contribution in [-0.2, 0) is 0 Å². The molecule has 0 saturated carbocycles. The standard InChI is InChI=1S/B3H3N3.3ClH/c1-4-2-6-3-5-1;;;/h4-6H;3*1H. The van der Waals surface area contributed by atoms with Gasteiger partial charge in [-0.05, 0) is 0 Å². The maximum Gasteiger partial charge on any atom is 0.284 e. The molecule has 1 fully saturated rings. The second kappa shape index (κ2) is 11.7. The molecule has 51 valence electrons. The van der Waals surface area contributed by atoms with Gasteiger partial charge < -0.3 is 15.4 Å². The van der Waals surface area contributed by atoms with Crippen LogP contribution in [0.3, 0.4) is 0 Å². The Balaban J connectivity index is -0.000000120. The molecule has 0 aliphatic carbocycles. The van der Waals surface area contributed by atoms with Gasteiger partial charge >= 0.3 is 0 Å². The molecule has 0 amide bonds. The quantitative estimate of drug-likeness (QED) is 0.409. The lowest BCUT2D eigenvalue weighted by molar-refractivity contribution is 1.28. The molecule has 0 spiro atoms. The Morgan fingerprint density at radius 1 is 0.556 bits per heavy atom. The van der Waals surface area contributed by atoms with Crippen LogP contribution in [0.15, 0.2) is 0 Å². The molecule has 1 aliphatic rings. The highest BCUT2D eigenvalue weighted by molar-refractivity contribution is 6.65. The molecule has 1 heterocycles. The van der Waals surface area contributed by atoms with E-state index < -0.39 is 0 Å². The van der Waals surface area contributed by atoms with Crippen molar-refractivity contribution in [2.45, 2.75) is 0 Å². The third-order valence-electron chi connectivity index (χ3n) is 0.500. The molecule has 0 aromatic carbocycles. The fraction of sp³-hybridized carbons (Fsp3) is 0. The van der Waals surface area contributed by atoms with E-state index in [1.54, 1.807) is 22.6 Å². The van der Waals surface area contributed by atoms with Crippen molar-refractivity contribution >= 4 is 59.9 Å². The minimum Gasteiger partial charge on any atom is -0.379 e.